The Labute approximate surface area is 182 Å². The van der Waals surface area contributed by atoms with Crippen LogP contribution in [0.4, 0.5) is 0 Å². The van der Waals surface area contributed by atoms with Crippen LogP contribution in [0.1, 0.15) is 48.0 Å². The number of amides is 1. The molecule has 4 rings (SSSR count). The van der Waals surface area contributed by atoms with E-state index in [-0.39, 0.29) is 29.7 Å². The van der Waals surface area contributed by atoms with Gasteiger partial charge in [-0.25, -0.2) is 13.4 Å². The Hall–Kier alpha value is -2.71. The number of pyridine rings is 1. The van der Waals surface area contributed by atoms with Gasteiger partial charge in [0.05, 0.1) is 4.90 Å². The number of benzene rings is 1. The third-order valence-corrected chi connectivity index (χ3v) is 7.86. The SMILES string of the molecule is CCC(C)c1ccc(S(=O)(=O)N2CCN(C(=O)c3cc4nc(C)ccc4o3)CC2)cc1. The molecule has 1 amide bonds. The highest BCUT2D eigenvalue weighted by atomic mass is 32.2. The molecule has 0 spiro atoms. The van der Waals surface area contributed by atoms with E-state index >= 15 is 0 Å². The molecule has 0 aliphatic carbocycles. The van der Waals surface area contributed by atoms with Crippen LogP contribution in [0, 0.1) is 6.92 Å². The van der Waals surface area contributed by atoms with Crippen LogP contribution >= 0.6 is 0 Å². The van der Waals surface area contributed by atoms with E-state index in [0.29, 0.717) is 30.1 Å². The zero-order valence-electron chi connectivity index (χ0n) is 18.0. The van der Waals surface area contributed by atoms with Crippen molar-refractivity contribution in [2.45, 2.75) is 38.0 Å². The van der Waals surface area contributed by atoms with Crippen LogP contribution in [-0.4, -0.2) is 54.7 Å². The molecule has 1 aliphatic heterocycles. The number of aromatic nitrogens is 1. The van der Waals surface area contributed by atoms with Crippen molar-refractivity contribution in [2.24, 2.45) is 0 Å². The molecule has 31 heavy (non-hydrogen) atoms. The molecule has 7 nitrogen and oxygen atoms in total. The summed E-state index contributed by atoms with van der Waals surface area (Å²) < 4.78 is 33.2. The maximum Gasteiger partial charge on any atom is 0.289 e. The molecule has 8 heteroatoms. The molecule has 2 aromatic heterocycles. The Kier molecular flexibility index (Phi) is 5.85. The number of sulfonamides is 1. The van der Waals surface area contributed by atoms with Crippen molar-refractivity contribution in [1.82, 2.24) is 14.2 Å². The Morgan fingerprint density at radius 2 is 1.77 bits per heavy atom. The quantitative estimate of drug-likeness (QED) is 0.601. The van der Waals surface area contributed by atoms with Crippen LogP contribution in [0.3, 0.4) is 0 Å². The van der Waals surface area contributed by atoms with Gasteiger partial charge < -0.3 is 9.32 Å². The number of carbonyl (C=O) groups is 1. The van der Waals surface area contributed by atoms with Gasteiger partial charge in [0.15, 0.2) is 11.3 Å². The number of aryl methyl sites for hydroxylation is 1. The fourth-order valence-electron chi connectivity index (χ4n) is 3.77. The summed E-state index contributed by atoms with van der Waals surface area (Å²) in [6.07, 6.45) is 1.00. The van der Waals surface area contributed by atoms with Gasteiger partial charge in [-0.3, -0.25) is 4.79 Å². The van der Waals surface area contributed by atoms with Crippen molar-refractivity contribution >= 4 is 27.0 Å². The maximum absolute atomic E-state index is 13.0. The first-order valence-electron chi connectivity index (χ1n) is 10.6. The third kappa shape index (κ3) is 4.22. The van der Waals surface area contributed by atoms with Gasteiger partial charge in [0.2, 0.25) is 10.0 Å². The van der Waals surface area contributed by atoms with E-state index < -0.39 is 10.0 Å². The van der Waals surface area contributed by atoms with Crippen LogP contribution in [0.25, 0.3) is 11.1 Å². The molecule has 1 saturated heterocycles. The van der Waals surface area contributed by atoms with E-state index in [0.717, 1.165) is 17.7 Å². The average molecular weight is 442 g/mol. The minimum absolute atomic E-state index is 0.227. The summed E-state index contributed by atoms with van der Waals surface area (Å²) in [5.74, 6) is 0.374. The number of piperazine rings is 1. The summed E-state index contributed by atoms with van der Waals surface area (Å²) >= 11 is 0. The lowest BCUT2D eigenvalue weighted by Crippen LogP contribution is -2.50. The highest BCUT2D eigenvalue weighted by Crippen LogP contribution is 2.24. The van der Waals surface area contributed by atoms with Gasteiger partial charge in [0, 0.05) is 37.9 Å². The predicted octanol–water partition coefficient (Wildman–Crippen LogP) is 3.80. The Bertz CT molecular complexity index is 1190. The normalized spacial score (nSPS) is 16.5. The summed E-state index contributed by atoms with van der Waals surface area (Å²) in [5.41, 5.74) is 3.19. The van der Waals surface area contributed by atoms with E-state index in [9.17, 15) is 13.2 Å². The van der Waals surface area contributed by atoms with Crippen molar-refractivity contribution in [3.05, 3.63) is 59.5 Å². The summed E-state index contributed by atoms with van der Waals surface area (Å²) in [7, 11) is -3.59. The Morgan fingerprint density at radius 3 is 2.42 bits per heavy atom. The fourth-order valence-corrected chi connectivity index (χ4v) is 5.19. The number of furan rings is 1. The van der Waals surface area contributed by atoms with Crippen LogP contribution in [0.2, 0.25) is 0 Å². The molecule has 1 aromatic carbocycles. The third-order valence-electron chi connectivity index (χ3n) is 5.95. The van der Waals surface area contributed by atoms with Crippen LogP contribution < -0.4 is 0 Å². The van der Waals surface area contributed by atoms with Crippen molar-refractivity contribution < 1.29 is 17.6 Å². The molecule has 1 atom stereocenters. The van der Waals surface area contributed by atoms with Crippen molar-refractivity contribution in [3.63, 3.8) is 0 Å². The van der Waals surface area contributed by atoms with Crippen molar-refractivity contribution in [3.8, 4) is 0 Å². The number of hydrogen-bond donors (Lipinski definition) is 0. The van der Waals surface area contributed by atoms with E-state index in [1.165, 1.54) is 4.31 Å². The first-order chi connectivity index (χ1) is 14.8. The molecule has 3 heterocycles. The summed E-state index contributed by atoms with van der Waals surface area (Å²) in [4.78, 5) is 19.1. The van der Waals surface area contributed by atoms with Gasteiger partial charge in [-0.05, 0) is 49.1 Å². The number of carbonyl (C=O) groups excluding carboxylic acids is 1. The fraction of sp³-hybridized carbons (Fsp3) is 0.391. The summed E-state index contributed by atoms with van der Waals surface area (Å²) in [6, 6.07) is 12.4. The van der Waals surface area contributed by atoms with Crippen molar-refractivity contribution in [2.75, 3.05) is 26.2 Å². The lowest BCUT2D eigenvalue weighted by atomic mass is 9.99. The molecule has 0 bridgehead atoms. The minimum atomic E-state index is -3.59. The number of rotatable bonds is 5. The number of hydrogen-bond acceptors (Lipinski definition) is 5. The monoisotopic (exact) mass is 441 g/mol. The molecule has 1 fully saturated rings. The molecule has 164 valence electrons. The molecule has 0 radical (unpaired) electrons. The van der Waals surface area contributed by atoms with Gasteiger partial charge in [-0.1, -0.05) is 26.0 Å². The molecular weight excluding hydrogens is 414 g/mol. The van der Waals surface area contributed by atoms with Crippen molar-refractivity contribution in [1.29, 1.82) is 0 Å². The second kappa shape index (κ2) is 8.43. The zero-order valence-corrected chi connectivity index (χ0v) is 18.9. The van der Waals surface area contributed by atoms with Gasteiger partial charge >= 0.3 is 0 Å². The second-order valence-electron chi connectivity index (χ2n) is 8.02. The largest absolute Gasteiger partial charge is 0.449 e. The predicted molar refractivity (Wildman–Crippen MR) is 119 cm³/mol. The van der Waals surface area contributed by atoms with Gasteiger partial charge in [-0.2, -0.15) is 4.31 Å². The lowest BCUT2D eigenvalue weighted by molar-refractivity contribution is 0.0668. The molecule has 0 saturated carbocycles. The van der Waals surface area contributed by atoms with Crippen LogP contribution in [-0.2, 0) is 10.0 Å². The summed E-state index contributed by atoms with van der Waals surface area (Å²) in [6.45, 7) is 7.24. The first-order valence-corrected chi connectivity index (χ1v) is 12.0. The Balaban J connectivity index is 1.44. The lowest BCUT2D eigenvalue weighted by Gasteiger charge is -2.33. The number of nitrogens with zero attached hydrogens (tertiary/aromatic N) is 3. The summed E-state index contributed by atoms with van der Waals surface area (Å²) in [5, 5.41) is 0. The second-order valence-corrected chi connectivity index (χ2v) is 9.96. The first kappa shape index (κ1) is 21.5. The number of fused-ring (bicyclic) bond motifs is 1. The minimum Gasteiger partial charge on any atom is -0.449 e. The highest BCUT2D eigenvalue weighted by molar-refractivity contribution is 7.89. The molecule has 1 unspecified atom stereocenters. The standard InChI is InChI=1S/C23H27N3O4S/c1-4-16(2)18-6-8-19(9-7-18)31(28,29)26-13-11-25(12-14-26)23(27)22-15-20-21(30-22)10-5-17(3)24-20/h5-10,15-16H,4,11-14H2,1-3H3. The molecular formula is C23H27N3O4S. The maximum atomic E-state index is 13.0. The van der Waals surface area contributed by atoms with E-state index in [1.54, 1.807) is 29.2 Å². The van der Waals surface area contributed by atoms with Crippen LogP contribution in [0.15, 0.2) is 51.8 Å². The topological polar surface area (TPSA) is 83.7 Å². The zero-order chi connectivity index (χ0) is 22.2. The Morgan fingerprint density at radius 1 is 1.10 bits per heavy atom. The van der Waals surface area contributed by atoms with Gasteiger partial charge in [-0.15, -0.1) is 0 Å². The van der Waals surface area contributed by atoms with E-state index in [1.807, 2.05) is 25.1 Å². The van der Waals surface area contributed by atoms with E-state index in [4.69, 9.17) is 4.42 Å². The van der Waals surface area contributed by atoms with Gasteiger partial charge in [0.1, 0.15) is 5.52 Å². The van der Waals surface area contributed by atoms with Gasteiger partial charge in [0.25, 0.3) is 5.91 Å². The van der Waals surface area contributed by atoms with Crippen LogP contribution in [0.5, 0.6) is 0 Å². The average Bonchev–Trinajstić information content (AvgIpc) is 3.21. The molecule has 3 aromatic rings. The highest BCUT2D eigenvalue weighted by Gasteiger charge is 2.31. The molecule has 0 N–H and O–H groups in total. The smallest absolute Gasteiger partial charge is 0.289 e. The molecule has 1 aliphatic rings. The van der Waals surface area contributed by atoms with E-state index in [2.05, 4.69) is 18.8 Å².